The molecule has 178 valence electrons. The van der Waals surface area contributed by atoms with Crippen LogP contribution in [0, 0.1) is 0 Å². The third-order valence-electron chi connectivity index (χ3n) is 4.82. The van der Waals surface area contributed by atoms with Crippen molar-refractivity contribution < 1.29 is 27.4 Å². The molecule has 0 aliphatic heterocycles. The van der Waals surface area contributed by atoms with Crippen LogP contribution in [0.3, 0.4) is 0 Å². The fraction of sp³-hybridized carbons (Fsp3) is 0.364. The lowest BCUT2D eigenvalue weighted by atomic mass is 10.2. The van der Waals surface area contributed by atoms with Crippen LogP contribution >= 0.6 is 0 Å². The quantitative estimate of drug-likeness (QED) is 0.418. The molecule has 0 aliphatic rings. The SMILES string of the molecule is COc1ccc(OC)c(S(=O)(=O)Nc2ncnc3cc(OCCCN(C)C)c(OC)cc23)c1. The maximum absolute atomic E-state index is 13.2. The lowest BCUT2D eigenvalue weighted by Crippen LogP contribution is -2.16. The van der Waals surface area contributed by atoms with Gasteiger partial charge in [0.25, 0.3) is 10.0 Å². The zero-order valence-electron chi connectivity index (χ0n) is 19.3. The van der Waals surface area contributed by atoms with Gasteiger partial charge in [0.15, 0.2) is 17.3 Å². The number of benzene rings is 2. The van der Waals surface area contributed by atoms with Crippen molar-refractivity contribution in [1.82, 2.24) is 14.9 Å². The zero-order valence-corrected chi connectivity index (χ0v) is 20.1. The number of methoxy groups -OCH3 is 3. The number of anilines is 1. The number of ether oxygens (including phenoxy) is 4. The lowest BCUT2D eigenvalue weighted by Gasteiger charge is -2.15. The average Bonchev–Trinajstić information content (AvgIpc) is 2.80. The van der Waals surface area contributed by atoms with Crippen LogP contribution in [0.25, 0.3) is 10.9 Å². The van der Waals surface area contributed by atoms with E-state index in [0.717, 1.165) is 13.0 Å². The standard InChI is InChI=1S/C22H28N4O6S/c1-26(2)9-6-10-32-20-13-17-16(12-19(20)31-5)22(24-14-23-17)25-33(27,28)21-11-15(29-3)7-8-18(21)30-4/h7-8,11-14H,6,9-10H2,1-5H3,(H,23,24,25). The Morgan fingerprint density at radius 3 is 2.36 bits per heavy atom. The molecule has 1 heterocycles. The summed E-state index contributed by atoms with van der Waals surface area (Å²) in [6, 6.07) is 7.87. The highest BCUT2D eigenvalue weighted by atomic mass is 32.2. The Morgan fingerprint density at radius 1 is 0.939 bits per heavy atom. The average molecular weight is 477 g/mol. The van der Waals surface area contributed by atoms with Crippen LogP contribution in [-0.2, 0) is 10.0 Å². The van der Waals surface area contributed by atoms with E-state index in [0.29, 0.717) is 34.8 Å². The van der Waals surface area contributed by atoms with Gasteiger partial charge < -0.3 is 23.8 Å². The molecule has 0 amide bonds. The third-order valence-corrected chi connectivity index (χ3v) is 6.18. The van der Waals surface area contributed by atoms with Crippen molar-refractivity contribution >= 4 is 26.7 Å². The minimum absolute atomic E-state index is 0.0797. The second kappa shape index (κ2) is 10.5. The smallest absolute Gasteiger partial charge is 0.266 e. The molecular formula is C22H28N4O6S. The van der Waals surface area contributed by atoms with Crippen molar-refractivity contribution in [2.24, 2.45) is 0 Å². The van der Waals surface area contributed by atoms with Gasteiger partial charge in [-0.2, -0.15) is 0 Å². The van der Waals surface area contributed by atoms with Crippen molar-refractivity contribution in [3.63, 3.8) is 0 Å². The molecule has 33 heavy (non-hydrogen) atoms. The van der Waals surface area contributed by atoms with E-state index in [4.69, 9.17) is 18.9 Å². The summed E-state index contributed by atoms with van der Waals surface area (Å²) in [5.41, 5.74) is 0.503. The highest BCUT2D eigenvalue weighted by molar-refractivity contribution is 7.92. The lowest BCUT2D eigenvalue weighted by molar-refractivity contribution is 0.268. The Labute approximate surface area is 193 Å². The van der Waals surface area contributed by atoms with Crippen LogP contribution in [0.15, 0.2) is 41.6 Å². The molecule has 0 saturated carbocycles. The summed E-state index contributed by atoms with van der Waals surface area (Å²) < 4.78 is 50.6. The summed E-state index contributed by atoms with van der Waals surface area (Å²) in [4.78, 5) is 10.4. The van der Waals surface area contributed by atoms with Crippen LogP contribution in [0.2, 0.25) is 0 Å². The van der Waals surface area contributed by atoms with Gasteiger partial charge in [-0.15, -0.1) is 0 Å². The number of hydrogen-bond acceptors (Lipinski definition) is 9. The maximum Gasteiger partial charge on any atom is 0.266 e. The van der Waals surface area contributed by atoms with Crippen LogP contribution in [0.1, 0.15) is 6.42 Å². The number of nitrogens with one attached hydrogen (secondary N) is 1. The number of sulfonamides is 1. The first-order chi connectivity index (χ1) is 15.8. The van der Waals surface area contributed by atoms with Crippen molar-refractivity contribution in [3.8, 4) is 23.0 Å². The van der Waals surface area contributed by atoms with Gasteiger partial charge in [0.1, 0.15) is 22.7 Å². The third kappa shape index (κ3) is 5.74. The van der Waals surface area contributed by atoms with E-state index in [-0.39, 0.29) is 16.5 Å². The molecule has 0 atom stereocenters. The zero-order chi connectivity index (χ0) is 24.0. The highest BCUT2D eigenvalue weighted by Gasteiger charge is 2.23. The molecule has 0 aliphatic carbocycles. The number of rotatable bonds is 11. The molecule has 10 nitrogen and oxygen atoms in total. The van der Waals surface area contributed by atoms with Crippen molar-refractivity contribution in [2.75, 3.05) is 53.3 Å². The van der Waals surface area contributed by atoms with Gasteiger partial charge in [-0.3, -0.25) is 4.72 Å². The van der Waals surface area contributed by atoms with E-state index in [1.165, 1.54) is 39.8 Å². The van der Waals surface area contributed by atoms with Gasteiger partial charge in [0.05, 0.1) is 33.5 Å². The molecule has 0 saturated heterocycles. The maximum atomic E-state index is 13.2. The Balaban J connectivity index is 1.96. The summed E-state index contributed by atoms with van der Waals surface area (Å²) in [6.07, 6.45) is 2.12. The monoisotopic (exact) mass is 476 g/mol. The molecule has 3 rings (SSSR count). The highest BCUT2D eigenvalue weighted by Crippen LogP contribution is 2.35. The predicted molar refractivity (Wildman–Crippen MR) is 125 cm³/mol. The van der Waals surface area contributed by atoms with Gasteiger partial charge in [0.2, 0.25) is 0 Å². The molecule has 0 fully saturated rings. The summed E-state index contributed by atoms with van der Waals surface area (Å²) in [7, 11) is 4.30. The van der Waals surface area contributed by atoms with Gasteiger partial charge in [-0.25, -0.2) is 18.4 Å². The Bertz CT molecular complexity index is 1220. The molecule has 0 spiro atoms. The van der Waals surface area contributed by atoms with E-state index < -0.39 is 10.0 Å². The summed E-state index contributed by atoms with van der Waals surface area (Å²) in [5, 5.41) is 0.459. The van der Waals surface area contributed by atoms with Crippen LogP contribution < -0.4 is 23.7 Å². The largest absolute Gasteiger partial charge is 0.497 e. The molecule has 11 heteroatoms. The van der Waals surface area contributed by atoms with Gasteiger partial charge >= 0.3 is 0 Å². The molecular weight excluding hydrogens is 448 g/mol. The van der Waals surface area contributed by atoms with Crippen LogP contribution in [0.5, 0.6) is 23.0 Å². The molecule has 1 aromatic heterocycles. The second-order valence-electron chi connectivity index (χ2n) is 7.37. The molecule has 1 N–H and O–H groups in total. The molecule has 0 bridgehead atoms. The first-order valence-electron chi connectivity index (χ1n) is 10.1. The number of aromatic nitrogens is 2. The van der Waals surface area contributed by atoms with E-state index in [1.54, 1.807) is 18.2 Å². The van der Waals surface area contributed by atoms with Gasteiger partial charge in [-0.05, 0) is 38.7 Å². The fourth-order valence-corrected chi connectivity index (χ4v) is 4.37. The first kappa shape index (κ1) is 24.3. The van der Waals surface area contributed by atoms with Gasteiger partial charge in [0, 0.05) is 24.1 Å². The van der Waals surface area contributed by atoms with Crippen molar-refractivity contribution in [2.45, 2.75) is 11.3 Å². The minimum atomic E-state index is -4.06. The fourth-order valence-electron chi connectivity index (χ4n) is 3.16. The number of nitrogens with zero attached hydrogens (tertiary/aromatic N) is 3. The molecule has 3 aromatic rings. The number of hydrogen-bond donors (Lipinski definition) is 1. The topological polar surface area (TPSA) is 112 Å². The Hall–Kier alpha value is -3.31. The predicted octanol–water partition coefficient (Wildman–Crippen LogP) is 2.79. The van der Waals surface area contributed by atoms with Crippen molar-refractivity contribution in [3.05, 3.63) is 36.7 Å². The summed E-state index contributed by atoms with van der Waals surface area (Å²) in [6.45, 7) is 1.39. The van der Waals surface area contributed by atoms with E-state index in [2.05, 4.69) is 19.6 Å². The normalized spacial score (nSPS) is 11.5. The minimum Gasteiger partial charge on any atom is -0.497 e. The van der Waals surface area contributed by atoms with Crippen molar-refractivity contribution in [1.29, 1.82) is 0 Å². The Morgan fingerprint density at radius 2 is 1.70 bits per heavy atom. The van der Waals surface area contributed by atoms with E-state index in [1.807, 2.05) is 14.1 Å². The van der Waals surface area contributed by atoms with Crippen LogP contribution in [-0.4, -0.2) is 71.9 Å². The van der Waals surface area contributed by atoms with E-state index in [9.17, 15) is 8.42 Å². The van der Waals surface area contributed by atoms with Gasteiger partial charge in [-0.1, -0.05) is 0 Å². The Kier molecular flexibility index (Phi) is 7.77. The molecule has 2 aromatic carbocycles. The van der Waals surface area contributed by atoms with E-state index >= 15 is 0 Å². The molecule has 0 radical (unpaired) electrons. The van der Waals surface area contributed by atoms with Crippen LogP contribution in [0.4, 0.5) is 5.82 Å². The summed E-state index contributed by atoms with van der Waals surface area (Å²) in [5.74, 6) is 1.61. The first-order valence-corrected chi connectivity index (χ1v) is 11.6. The summed E-state index contributed by atoms with van der Waals surface area (Å²) >= 11 is 0. The second-order valence-corrected chi connectivity index (χ2v) is 9.02. The molecule has 0 unspecified atom stereocenters. The number of fused-ring (bicyclic) bond motifs is 1.